The van der Waals surface area contributed by atoms with E-state index in [1.165, 1.54) is 16.7 Å². The number of fused-ring (bicyclic) bond motifs is 1. The van der Waals surface area contributed by atoms with Crippen molar-refractivity contribution in [3.8, 4) is 0 Å². The highest BCUT2D eigenvalue weighted by atomic mass is 16.2. The van der Waals surface area contributed by atoms with Crippen LogP contribution in [0.3, 0.4) is 0 Å². The summed E-state index contributed by atoms with van der Waals surface area (Å²) in [7, 11) is 0. The van der Waals surface area contributed by atoms with Crippen LogP contribution in [0.15, 0.2) is 42.6 Å². The fraction of sp³-hybridized carbons (Fsp3) is 0.333. The highest BCUT2D eigenvalue weighted by molar-refractivity contribution is 5.96. The summed E-state index contributed by atoms with van der Waals surface area (Å²) in [6.07, 6.45) is 2.73. The number of nitrogens with zero attached hydrogens (tertiary/aromatic N) is 1. The minimum atomic E-state index is 0.0571. The lowest BCUT2D eigenvalue weighted by atomic mass is 9.98. The van der Waals surface area contributed by atoms with Gasteiger partial charge >= 0.3 is 0 Å². The molecule has 2 atom stereocenters. The molecule has 4 rings (SSSR count). The molecule has 0 unspecified atom stereocenters. The Morgan fingerprint density at radius 3 is 2.88 bits per heavy atom. The Bertz CT molecular complexity index is 941. The highest BCUT2D eigenvalue weighted by Gasteiger charge is 2.44. The van der Waals surface area contributed by atoms with Crippen molar-refractivity contribution in [2.24, 2.45) is 5.92 Å². The molecule has 1 fully saturated rings. The molecule has 25 heavy (non-hydrogen) atoms. The fourth-order valence-electron chi connectivity index (χ4n) is 3.54. The van der Waals surface area contributed by atoms with Crippen molar-refractivity contribution in [1.82, 2.24) is 10.2 Å². The van der Waals surface area contributed by atoms with Crippen LogP contribution in [0.4, 0.5) is 5.69 Å². The van der Waals surface area contributed by atoms with Crippen molar-refractivity contribution in [3.63, 3.8) is 0 Å². The lowest BCUT2D eigenvalue weighted by molar-refractivity contribution is -0.117. The van der Waals surface area contributed by atoms with Gasteiger partial charge in [-0.3, -0.25) is 9.89 Å². The van der Waals surface area contributed by atoms with Crippen LogP contribution in [-0.2, 0) is 4.79 Å². The van der Waals surface area contributed by atoms with E-state index in [-0.39, 0.29) is 11.8 Å². The number of anilines is 1. The zero-order valence-corrected chi connectivity index (χ0v) is 14.8. The Labute approximate surface area is 147 Å². The van der Waals surface area contributed by atoms with E-state index < -0.39 is 0 Å². The third kappa shape index (κ3) is 3.04. The predicted octanol–water partition coefficient (Wildman–Crippen LogP) is 4.74. The van der Waals surface area contributed by atoms with Crippen LogP contribution >= 0.6 is 0 Å². The summed E-state index contributed by atoms with van der Waals surface area (Å²) in [4.78, 5) is 12.7. The maximum absolute atomic E-state index is 12.7. The molecule has 0 aliphatic heterocycles. The lowest BCUT2D eigenvalue weighted by Crippen LogP contribution is -2.16. The molecule has 0 radical (unpaired) electrons. The van der Waals surface area contributed by atoms with Gasteiger partial charge in [0.15, 0.2) is 0 Å². The number of rotatable bonds is 4. The summed E-state index contributed by atoms with van der Waals surface area (Å²) >= 11 is 0. The second kappa shape index (κ2) is 6.03. The number of aromatic amines is 1. The van der Waals surface area contributed by atoms with Crippen LogP contribution in [0.1, 0.15) is 48.8 Å². The number of aryl methyl sites for hydroxylation is 1. The Hall–Kier alpha value is -2.62. The molecular formula is C21H23N3O. The second-order valence-corrected chi connectivity index (χ2v) is 7.40. The second-order valence-electron chi connectivity index (χ2n) is 7.40. The topological polar surface area (TPSA) is 57.8 Å². The Morgan fingerprint density at radius 2 is 2.08 bits per heavy atom. The molecule has 4 heteroatoms. The van der Waals surface area contributed by atoms with Crippen LogP contribution in [0.25, 0.3) is 10.9 Å². The molecule has 1 aliphatic rings. The zero-order chi connectivity index (χ0) is 17.6. The molecule has 1 saturated carbocycles. The van der Waals surface area contributed by atoms with E-state index in [4.69, 9.17) is 0 Å². The van der Waals surface area contributed by atoms with Gasteiger partial charge in [0.1, 0.15) is 0 Å². The first kappa shape index (κ1) is 15.9. The maximum Gasteiger partial charge on any atom is 0.228 e. The molecule has 0 bridgehead atoms. The number of H-pyrrole nitrogens is 1. The normalized spacial score (nSPS) is 19.4. The van der Waals surface area contributed by atoms with Gasteiger partial charge < -0.3 is 5.32 Å². The van der Waals surface area contributed by atoms with Crippen molar-refractivity contribution in [2.75, 3.05) is 5.32 Å². The number of carbonyl (C=O) groups is 1. The Kier molecular flexibility index (Phi) is 3.83. The molecule has 2 aromatic carbocycles. The summed E-state index contributed by atoms with van der Waals surface area (Å²) in [6, 6.07) is 12.5. The SMILES string of the molecule is Cc1ccc(NC(=O)[C@@H]2C[C@H]2c2ccc3cn[nH]c3c2)c(C(C)C)c1. The van der Waals surface area contributed by atoms with Crippen molar-refractivity contribution < 1.29 is 4.79 Å². The predicted molar refractivity (Wildman–Crippen MR) is 101 cm³/mol. The number of hydrogen-bond acceptors (Lipinski definition) is 2. The average Bonchev–Trinajstić information content (AvgIpc) is 3.26. The van der Waals surface area contributed by atoms with Crippen molar-refractivity contribution in [1.29, 1.82) is 0 Å². The first-order chi connectivity index (χ1) is 12.0. The quantitative estimate of drug-likeness (QED) is 0.725. The monoisotopic (exact) mass is 333 g/mol. The number of aromatic nitrogens is 2. The molecule has 4 nitrogen and oxygen atoms in total. The van der Waals surface area contributed by atoms with Crippen LogP contribution in [0.5, 0.6) is 0 Å². The minimum Gasteiger partial charge on any atom is -0.326 e. The summed E-state index contributed by atoms with van der Waals surface area (Å²) in [5.41, 5.74) is 5.61. The summed E-state index contributed by atoms with van der Waals surface area (Å²) < 4.78 is 0. The van der Waals surface area contributed by atoms with Crippen molar-refractivity contribution >= 4 is 22.5 Å². The van der Waals surface area contributed by atoms with Gasteiger partial charge in [-0.1, -0.05) is 43.7 Å². The standard InChI is InChI=1S/C21H23N3O/c1-12(2)16-8-13(3)4-7-19(16)23-21(25)18-10-17(18)14-5-6-15-11-22-24-20(15)9-14/h4-9,11-12,17-18H,10H2,1-3H3,(H,22,24)(H,23,25)/t17-,18+/m0/s1. The fourth-order valence-corrected chi connectivity index (χ4v) is 3.54. The van der Waals surface area contributed by atoms with Gasteiger partial charge in [-0.05, 0) is 48.4 Å². The molecule has 0 spiro atoms. The van der Waals surface area contributed by atoms with Crippen LogP contribution in [0.2, 0.25) is 0 Å². The van der Waals surface area contributed by atoms with E-state index in [9.17, 15) is 4.79 Å². The number of carbonyl (C=O) groups excluding carboxylic acids is 1. The van der Waals surface area contributed by atoms with E-state index in [1.807, 2.05) is 12.3 Å². The molecule has 3 aromatic rings. The summed E-state index contributed by atoms with van der Waals surface area (Å²) in [5.74, 6) is 0.871. The molecule has 1 aliphatic carbocycles. The van der Waals surface area contributed by atoms with Gasteiger partial charge in [-0.25, -0.2) is 0 Å². The summed E-state index contributed by atoms with van der Waals surface area (Å²) in [6.45, 7) is 6.40. The molecule has 2 N–H and O–H groups in total. The Balaban J connectivity index is 1.50. The largest absolute Gasteiger partial charge is 0.326 e. The van der Waals surface area contributed by atoms with Gasteiger partial charge in [0.25, 0.3) is 0 Å². The molecule has 1 heterocycles. The Morgan fingerprint density at radius 1 is 1.24 bits per heavy atom. The number of amides is 1. The molecular weight excluding hydrogens is 310 g/mol. The molecule has 0 saturated heterocycles. The van der Waals surface area contributed by atoms with E-state index in [0.29, 0.717) is 11.8 Å². The van der Waals surface area contributed by atoms with Gasteiger partial charge in [-0.15, -0.1) is 0 Å². The summed E-state index contributed by atoms with van der Waals surface area (Å²) in [5, 5.41) is 11.3. The van der Waals surface area contributed by atoms with Gasteiger partial charge in [0, 0.05) is 17.0 Å². The first-order valence-corrected chi connectivity index (χ1v) is 8.87. The van der Waals surface area contributed by atoms with E-state index in [2.05, 4.69) is 66.6 Å². The van der Waals surface area contributed by atoms with Crippen molar-refractivity contribution in [2.45, 2.75) is 39.0 Å². The molecule has 1 aromatic heterocycles. The lowest BCUT2D eigenvalue weighted by Gasteiger charge is -2.15. The average molecular weight is 333 g/mol. The third-order valence-electron chi connectivity index (χ3n) is 5.11. The van der Waals surface area contributed by atoms with E-state index in [1.54, 1.807) is 0 Å². The number of hydrogen-bond donors (Lipinski definition) is 2. The maximum atomic E-state index is 12.7. The smallest absolute Gasteiger partial charge is 0.228 e. The van der Waals surface area contributed by atoms with E-state index >= 15 is 0 Å². The third-order valence-corrected chi connectivity index (χ3v) is 5.11. The van der Waals surface area contributed by atoms with Crippen LogP contribution < -0.4 is 5.32 Å². The van der Waals surface area contributed by atoms with Gasteiger partial charge in [0.05, 0.1) is 11.7 Å². The van der Waals surface area contributed by atoms with Crippen LogP contribution in [-0.4, -0.2) is 16.1 Å². The zero-order valence-electron chi connectivity index (χ0n) is 14.8. The van der Waals surface area contributed by atoms with E-state index in [0.717, 1.165) is 23.0 Å². The van der Waals surface area contributed by atoms with Crippen molar-refractivity contribution in [3.05, 3.63) is 59.3 Å². The van der Waals surface area contributed by atoms with Gasteiger partial charge in [0.2, 0.25) is 5.91 Å². The molecule has 128 valence electrons. The first-order valence-electron chi connectivity index (χ1n) is 8.87. The van der Waals surface area contributed by atoms with Gasteiger partial charge in [-0.2, -0.15) is 5.10 Å². The highest BCUT2D eigenvalue weighted by Crippen LogP contribution is 2.48. The minimum absolute atomic E-state index is 0.0571. The number of nitrogens with one attached hydrogen (secondary N) is 2. The molecule has 1 amide bonds. The number of benzene rings is 2. The van der Waals surface area contributed by atoms with Crippen LogP contribution in [0, 0.1) is 12.8 Å².